The van der Waals surface area contributed by atoms with Gasteiger partial charge in [0.15, 0.2) is 0 Å². The van der Waals surface area contributed by atoms with Crippen LogP contribution in [0.4, 0.5) is 0 Å². The molecule has 0 saturated heterocycles. The minimum Gasteiger partial charge on any atom is -0.366 e. The topological polar surface area (TPSA) is 60.9 Å². The first kappa shape index (κ1) is 17.8. The quantitative estimate of drug-likeness (QED) is 0.684. The second-order valence-electron chi connectivity index (χ2n) is 7.58. The molecule has 2 aromatic carbocycles. The van der Waals surface area contributed by atoms with Crippen molar-refractivity contribution in [3.8, 4) is 0 Å². The van der Waals surface area contributed by atoms with Crippen LogP contribution in [0.25, 0.3) is 11.0 Å². The van der Waals surface area contributed by atoms with Crippen LogP contribution in [0.3, 0.4) is 0 Å². The second kappa shape index (κ2) is 7.95. The highest BCUT2D eigenvalue weighted by Crippen LogP contribution is 2.34. The van der Waals surface area contributed by atoms with Crippen LogP contribution in [-0.2, 0) is 13.0 Å². The van der Waals surface area contributed by atoms with Gasteiger partial charge in [-0.05, 0) is 43.4 Å². The number of amides is 1. The number of aromatic nitrogens is 2. The molecule has 27 heavy (non-hydrogen) atoms. The predicted molar refractivity (Wildman–Crippen MR) is 109 cm³/mol. The van der Waals surface area contributed by atoms with Gasteiger partial charge in [-0.3, -0.25) is 4.79 Å². The summed E-state index contributed by atoms with van der Waals surface area (Å²) in [4.78, 5) is 16.8. The fraction of sp³-hybridized carbons (Fsp3) is 0.391. The summed E-state index contributed by atoms with van der Waals surface area (Å²) < 4.78 is 2.35. The van der Waals surface area contributed by atoms with Crippen LogP contribution < -0.4 is 5.73 Å². The van der Waals surface area contributed by atoms with Crippen LogP contribution >= 0.6 is 0 Å². The van der Waals surface area contributed by atoms with Crippen molar-refractivity contribution < 1.29 is 4.79 Å². The summed E-state index contributed by atoms with van der Waals surface area (Å²) in [6.45, 7) is 0.916. The predicted octanol–water partition coefficient (Wildman–Crippen LogP) is 4.82. The van der Waals surface area contributed by atoms with Crippen molar-refractivity contribution in [2.75, 3.05) is 0 Å². The first-order chi connectivity index (χ1) is 13.2. The Labute approximate surface area is 160 Å². The Morgan fingerprint density at radius 1 is 1.04 bits per heavy atom. The van der Waals surface area contributed by atoms with E-state index in [4.69, 9.17) is 10.7 Å². The Bertz CT molecular complexity index is 923. The lowest BCUT2D eigenvalue weighted by atomic mass is 9.88. The molecule has 1 aliphatic carbocycles. The van der Waals surface area contributed by atoms with Crippen molar-refractivity contribution in [3.05, 3.63) is 65.5 Å². The average Bonchev–Trinajstić information content (AvgIpc) is 3.08. The highest BCUT2D eigenvalue weighted by molar-refractivity contribution is 6.04. The molecule has 1 heterocycles. The standard InChI is InChI=1S/C23H27N3O/c24-22(27)19-14-7-15-20-21(19)25-23(18-12-5-2-6-13-18)26(20)16-8-11-17-9-3-1-4-10-17/h1,3-4,7,9-10,14-15,18H,2,5-6,8,11-13,16H2,(H2,24,27). The lowest BCUT2D eigenvalue weighted by Crippen LogP contribution is -2.13. The largest absolute Gasteiger partial charge is 0.366 e. The van der Waals surface area contributed by atoms with E-state index in [0.717, 1.165) is 36.2 Å². The smallest absolute Gasteiger partial charge is 0.250 e. The maximum atomic E-state index is 11.9. The van der Waals surface area contributed by atoms with Crippen LogP contribution in [0.5, 0.6) is 0 Å². The second-order valence-corrected chi connectivity index (χ2v) is 7.58. The zero-order chi connectivity index (χ0) is 18.6. The highest BCUT2D eigenvalue weighted by atomic mass is 16.1. The fourth-order valence-corrected chi connectivity index (χ4v) is 4.36. The monoisotopic (exact) mass is 361 g/mol. The van der Waals surface area contributed by atoms with Crippen LogP contribution in [-0.4, -0.2) is 15.5 Å². The van der Waals surface area contributed by atoms with E-state index in [1.165, 1.54) is 37.7 Å². The number of benzene rings is 2. The molecule has 140 valence electrons. The van der Waals surface area contributed by atoms with E-state index in [0.29, 0.717) is 11.5 Å². The van der Waals surface area contributed by atoms with Gasteiger partial charge in [0.05, 0.1) is 11.1 Å². The number of hydrogen-bond donors (Lipinski definition) is 1. The SMILES string of the molecule is NC(=O)c1cccc2c1nc(C1CCCCC1)n2CCCc1ccccc1. The van der Waals surface area contributed by atoms with Crippen molar-refractivity contribution in [3.63, 3.8) is 0 Å². The van der Waals surface area contributed by atoms with Crippen molar-refractivity contribution in [1.82, 2.24) is 9.55 Å². The van der Waals surface area contributed by atoms with Crippen LogP contribution in [0, 0.1) is 0 Å². The van der Waals surface area contributed by atoms with Gasteiger partial charge >= 0.3 is 0 Å². The number of para-hydroxylation sites is 1. The van der Waals surface area contributed by atoms with Gasteiger partial charge in [0, 0.05) is 12.5 Å². The van der Waals surface area contributed by atoms with E-state index in [1.54, 1.807) is 6.07 Å². The summed E-state index contributed by atoms with van der Waals surface area (Å²) in [5, 5.41) is 0. The Morgan fingerprint density at radius 2 is 1.81 bits per heavy atom. The van der Waals surface area contributed by atoms with E-state index < -0.39 is 5.91 Å². The summed E-state index contributed by atoms with van der Waals surface area (Å²) >= 11 is 0. The number of rotatable bonds is 6. The van der Waals surface area contributed by atoms with Gasteiger partial charge in [-0.25, -0.2) is 4.98 Å². The van der Waals surface area contributed by atoms with Gasteiger partial charge in [0.25, 0.3) is 5.91 Å². The molecule has 4 rings (SSSR count). The minimum atomic E-state index is -0.398. The number of nitrogens with zero attached hydrogens (tertiary/aromatic N) is 2. The van der Waals surface area contributed by atoms with E-state index >= 15 is 0 Å². The van der Waals surface area contributed by atoms with E-state index in [9.17, 15) is 4.79 Å². The van der Waals surface area contributed by atoms with Crippen molar-refractivity contribution in [2.24, 2.45) is 5.73 Å². The molecule has 0 unspecified atom stereocenters. The maximum absolute atomic E-state index is 11.9. The Balaban J connectivity index is 1.67. The first-order valence-corrected chi connectivity index (χ1v) is 10.1. The van der Waals surface area contributed by atoms with Gasteiger partial charge < -0.3 is 10.3 Å². The van der Waals surface area contributed by atoms with E-state index in [1.807, 2.05) is 6.07 Å². The molecule has 0 bridgehead atoms. The molecule has 2 N–H and O–H groups in total. The third-order valence-corrected chi connectivity index (χ3v) is 5.73. The van der Waals surface area contributed by atoms with Crippen molar-refractivity contribution >= 4 is 16.9 Å². The zero-order valence-electron chi connectivity index (χ0n) is 15.7. The number of fused-ring (bicyclic) bond motifs is 1. The van der Waals surface area contributed by atoms with E-state index in [2.05, 4.69) is 41.0 Å². The van der Waals surface area contributed by atoms with Gasteiger partial charge in [-0.2, -0.15) is 0 Å². The van der Waals surface area contributed by atoms with E-state index in [-0.39, 0.29) is 0 Å². The van der Waals surface area contributed by atoms with Gasteiger partial charge in [-0.15, -0.1) is 0 Å². The number of imidazole rings is 1. The first-order valence-electron chi connectivity index (χ1n) is 10.1. The third-order valence-electron chi connectivity index (χ3n) is 5.73. The van der Waals surface area contributed by atoms with Crippen molar-refractivity contribution in [1.29, 1.82) is 0 Å². The molecule has 1 amide bonds. The van der Waals surface area contributed by atoms with Crippen LogP contribution in [0.2, 0.25) is 0 Å². The molecule has 0 spiro atoms. The molecule has 1 fully saturated rings. The minimum absolute atomic E-state index is 0.398. The highest BCUT2D eigenvalue weighted by Gasteiger charge is 2.24. The molecule has 3 aromatic rings. The lowest BCUT2D eigenvalue weighted by molar-refractivity contribution is 0.100. The molecular formula is C23H27N3O. The summed E-state index contributed by atoms with van der Waals surface area (Å²) in [5.41, 5.74) is 9.31. The molecule has 0 aliphatic heterocycles. The number of carbonyl (C=O) groups is 1. The molecule has 1 saturated carbocycles. The Hall–Kier alpha value is -2.62. The molecule has 1 aromatic heterocycles. The van der Waals surface area contributed by atoms with Gasteiger partial charge in [-0.1, -0.05) is 55.7 Å². The summed E-state index contributed by atoms with van der Waals surface area (Å²) in [6.07, 6.45) is 8.32. The number of aryl methyl sites for hydroxylation is 2. The third kappa shape index (κ3) is 3.75. The number of carbonyl (C=O) groups excluding carboxylic acids is 1. The summed E-state index contributed by atoms with van der Waals surface area (Å²) in [7, 11) is 0. The summed E-state index contributed by atoms with van der Waals surface area (Å²) in [5.74, 6) is 1.24. The maximum Gasteiger partial charge on any atom is 0.250 e. The number of hydrogen-bond acceptors (Lipinski definition) is 2. The molecule has 0 atom stereocenters. The van der Waals surface area contributed by atoms with Gasteiger partial charge in [0.2, 0.25) is 0 Å². The zero-order valence-corrected chi connectivity index (χ0v) is 15.7. The molecule has 4 heteroatoms. The Morgan fingerprint density at radius 3 is 2.56 bits per heavy atom. The molecular weight excluding hydrogens is 334 g/mol. The number of nitrogens with two attached hydrogens (primary N) is 1. The molecule has 0 radical (unpaired) electrons. The van der Waals surface area contributed by atoms with Gasteiger partial charge in [0.1, 0.15) is 11.3 Å². The summed E-state index contributed by atoms with van der Waals surface area (Å²) in [6, 6.07) is 16.4. The number of primary amides is 1. The van der Waals surface area contributed by atoms with Crippen molar-refractivity contribution in [2.45, 2.75) is 57.4 Å². The lowest BCUT2D eigenvalue weighted by Gasteiger charge is -2.22. The van der Waals surface area contributed by atoms with Crippen LogP contribution in [0.15, 0.2) is 48.5 Å². The Kier molecular flexibility index (Phi) is 5.23. The fourth-order valence-electron chi connectivity index (χ4n) is 4.36. The normalized spacial score (nSPS) is 15.3. The molecule has 1 aliphatic rings. The van der Waals surface area contributed by atoms with Crippen LogP contribution in [0.1, 0.15) is 66.2 Å². The average molecular weight is 361 g/mol. The molecule has 4 nitrogen and oxygen atoms in total.